The van der Waals surface area contributed by atoms with Gasteiger partial charge in [-0.3, -0.25) is 0 Å². The highest BCUT2D eigenvalue weighted by molar-refractivity contribution is 5.68. The molecule has 0 radical (unpaired) electrons. The number of nitriles is 1. The minimum Gasteiger partial charge on any atom is -0.380 e. The minimum atomic E-state index is -0.496. The standard InChI is InChI=1S/C21H17NO/c22-13-20-11-10-15-6-4-5-9-17(15)21(20)14-23-12-18(21)19(20)16-7-2-1-3-8-16/h1-11,18-19H,12,14H2/t18-,19-,20+,21+/m0/s1. The largest absolute Gasteiger partial charge is 0.380 e. The Balaban J connectivity index is 1.76. The van der Waals surface area contributed by atoms with Crippen LogP contribution in [0.1, 0.15) is 22.6 Å². The second-order valence-corrected chi connectivity index (χ2v) is 6.88. The molecular formula is C21H17NO. The molecule has 23 heavy (non-hydrogen) atoms. The van der Waals surface area contributed by atoms with Crippen molar-refractivity contribution in [1.29, 1.82) is 5.26 Å². The summed E-state index contributed by atoms with van der Waals surface area (Å²) in [7, 11) is 0. The SMILES string of the molecule is N#C[C@@]12C=Cc3ccccc3[C@@]13COC[C@H]3[C@@H]2c1ccccc1. The zero-order valence-electron chi connectivity index (χ0n) is 12.8. The van der Waals surface area contributed by atoms with Crippen molar-refractivity contribution in [1.82, 2.24) is 0 Å². The van der Waals surface area contributed by atoms with Gasteiger partial charge < -0.3 is 4.74 Å². The van der Waals surface area contributed by atoms with Crippen LogP contribution in [-0.4, -0.2) is 13.2 Å². The number of hydrogen-bond donors (Lipinski definition) is 0. The quantitative estimate of drug-likeness (QED) is 0.800. The molecule has 2 aromatic rings. The van der Waals surface area contributed by atoms with Crippen LogP contribution in [0.5, 0.6) is 0 Å². The lowest BCUT2D eigenvalue weighted by atomic mass is 9.35. The molecule has 0 amide bonds. The molecular weight excluding hydrogens is 282 g/mol. The molecule has 1 saturated carbocycles. The van der Waals surface area contributed by atoms with E-state index in [4.69, 9.17) is 4.74 Å². The maximum absolute atomic E-state index is 10.2. The summed E-state index contributed by atoms with van der Waals surface area (Å²) in [5, 5.41) is 10.2. The second-order valence-electron chi connectivity index (χ2n) is 6.88. The first-order valence-electron chi connectivity index (χ1n) is 8.16. The van der Waals surface area contributed by atoms with E-state index >= 15 is 0 Å². The van der Waals surface area contributed by atoms with E-state index in [9.17, 15) is 5.26 Å². The van der Waals surface area contributed by atoms with Crippen molar-refractivity contribution in [3.8, 4) is 6.07 Å². The van der Waals surface area contributed by atoms with Crippen LogP contribution in [0.2, 0.25) is 0 Å². The number of fused-ring (bicyclic) bond motifs is 1. The highest BCUT2D eigenvalue weighted by Gasteiger charge is 2.75. The molecule has 5 rings (SSSR count). The normalized spacial score (nSPS) is 36.3. The number of benzene rings is 2. The van der Waals surface area contributed by atoms with Crippen LogP contribution >= 0.6 is 0 Å². The van der Waals surface area contributed by atoms with Crippen molar-refractivity contribution >= 4 is 6.08 Å². The van der Waals surface area contributed by atoms with E-state index in [1.807, 2.05) is 6.07 Å². The zero-order chi connectivity index (χ0) is 15.5. The van der Waals surface area contributed by atoms with Gasteiger partial charge in [0, 0.05) is 17.3 Å². The van der Waals surface area contributed by atoms with Gasteiger partial charge in [-0.2, -0.15) is 5.26 Å². The molecule has 112 valence electrons. The molecule has 0 aromatic heterocycles. The molecule has 2 nitrogen and oxygen atoms in total. The Morgan fingerprint density at radius 3 is 2.65 bits per heavy atom. The Morgan fingerprint density at radius 2 is 1.83 bits per heavy atom. The summed E-state index contributed by atoms with van der Waals surface area (Å²) < 4.78 is 5.94. The van der Waals surface area contributed by atoms with Gasteiger partial charge in [-0.1, -0.05) is 66.7 Å². The van der Waals surface area contributed by atoms with Crippen LogP contribution in [0.15, 0.2) is 60.7 Å². The van der Waals surface area contributed by atoms with Gasteiger partial charge in [-0.15, -0.1) is 0 Å². The van der Waals surface area contributed by atoms with Gasteiger partial charge in [0.25, 0.3) is 0 Å². The summed E-state index contributed by atoms with van der Waals surface area (Å²) >= 11 is 0. The average Bonchev–Trinajstić information content (AvgIpc) is 2.96. The Morgan fingerprint density at radius 1 is 1.04 bits per heavy atom. The van der Waals surface area contributed by atoms with Crippen LogP contribution in [0.3, 0.4) is 0 Å². The third-order valence-corrected chi connectivity index (χ3v) is 6.20. The Kier molecular flexibility index (Phi) is 2.47. The smallest absolute Gasteiger partial charge is 0.0951 e. The summed E-state index contributed by atoms with van der Waals surface area (Å²) in [6, 6.07) is 21.7. The zero-order valence-corrected chi connectivity index (χ0v) is 12.8. The molecule has 3 aliphatic rings. The second kappa shape index (κ2) is 4.34. The highest BCUT2D eigenvalue weighted by Crippen LogP contribution is 2.73. The number of nitrogens with zero attached hydrogens (tertiary/aromatic N) is 1. The summed E-state index contributed by atoms with van der Waals surface area (Å²) in [6.07, 6.45) is 4.28. The molecule has 0 bridgehead atoms. The van der Waals surface area contributed by atoms with Gasteiger partial charge in [0.1, 0.15) is 0 Å². The Bertz CT molecular complexity index is 850. The molecule has 1 saturated heterocycles. The number of allylic oxidation sites excluding steroid dienone is 1. The lowest BCUT2D eigenvalue weighted by Gasteiger charge is -2.63. The van der Waals surface area contributed by atoms with Crippen molar-refractivity contribution in [2.24, 2.45) is 11.3 Å². The maximum atomic E-state index is 10.2. The van der Waals surface area contributed by atoms with Crippen LogP contribution < -0.4 is 0 Å². The third-order valence-electron chi connectivity index (χ3n) is 6.20. The van der Waals surface area contributed by atoms with Gasteiger partial charge in [0.15, 0.2) is 0 Å². The van der Waals surface area contributed by atoms with Crippen molar-refractivity contribution in [3.63, 3.8) is 0 Å². The molecule has 0 N–H and O–H groups in total. The predicted octanol–water partition coefficient (Wildman–Crippen LogP) is 3.90. The molecule has 1 spiro atoms. The van der Waals surface area contributed by atoms with Crippen molar-refractivity contribution in [2.45, 2.75) is 11.3 Å². The fourth-order valence-corrected chi connectivity index (χ4v) is 5.29. The van der Waals surface area contributed by atoms with E-state index in [2.05, 4.69) is 66.8 Å². The van der Waals surface area contributed by atoms with Gasteiger partial charge in [-0.05, 0) is 16.7 Å². The number of rotatable bonds is 1. The van der Waals surface area contributed by atoms with E-state index in [1.165, 1.54) is 16.7 Å². The fraction of sp³-hybridized carbons (Fsp3) is 0.286. The fourth-order valence-electron chi connectivity index (χ4n) is 5.29. The van der Waals surface area contributed by atoms with Gasteiger partial charge >= 0.3 is 0 Å². The summed E-state index contributed by atoms with van der Waals surface area (Å²) in [5.41, 5.74) is 3.10. The molecule has 2 heteroatoms. The summed E-state index contributed by atoms with van der Waals surface area (Å²) in [6.45, 7) is 1.39. The molecule has 2 aliphatic carbocycles. The molecule has 2 aromatic carbocycles. The summed E-state index contributed by atoms with van der Waals surface area (Å²) in [5.74, 6) is 0.580. The third kappa shape index (κ3) is 1.33. The van der Waals surface area contributed by atoms with Gasteiger partial charge in [0.05, 0.1) is 24.7 Å². The minimum absolute atomic E-state index is 0.187. The van der Waals surface area contributed by atoms with E-state index < -0.39 is 5.41 Å². The van der Waals surface area contributed by atoms with E-state index in [0.29, 0.717) is 12.5 Å². The van der Waals surface area contributed by atoms with Crippen molar-refractivity contribution in [2.75, 3.05) is 13.2 Å². The molecule has 2 fully saturated rings. The Hall–Kier alpha value is -2.37. The maximum Gasteiger partial charge on any atom is 0.0951 e. The topological polar surface area (TPSA) is 33.0 Å². The van der Waals surface area contributed by atoms with Crippen molar-refractivity contribution in [3.05, 3.63) is 77.4 Å². The molecule has 0 unspecified atom stereocenters. The monoisotopic (exact) mass is 299 g/mol. The Labute approximate surface area is 136 Å². The van der Waals surface area contributed by atoms with Crippen molar-refractivity contribution < 1.29 is 4.74 Å². The molecule has 4 atom stereocenters. The first-order valence-corrected chi connectivity index (χ1v) is 8.16. The number of ether oxygens (including phenoxy) is 1. The van der Waals surface area contributed by atoms with E-state index in [0.717, 1.165) is 6.61 Å². The van der Waals surface area contributed by atoms with E-state index in [-0.39, 0.29) is 11.3 Å². The van der Waals surface area contributed by atoms with Crippen LogP contribution in [0, 0.1) is 22.7 Å². The lowest BCUT2D eigenvalue weighted by molar-refractivity contribution is 0.00572. The summed E-state index contributed by atoms with van der Waals surface area (Å²) in [4.78, 5) is 0. The predicted molar refractivity (Wildman–Crippen MR) is 88.7 cm³/mol. The average molecular weight is 299 g/mol. The first-order chi connectivity index (χ1) is 11.3. The van der Waals surface area contributed by atoms with Crippen LogP contribution in [-0.2, 0) is 10.2 Å². The first kappa shape index (κ1) is 13.1. The highest BCUT2D eigenvalue weighted by atomic mass is 16.5. The van der Waals surface area contributed by atoms with Gasteiger partial charge in [-0.25, -0.2) is 0 Å². The van der Waals surface area contributed by atoms with Gasteiger partial charge in [0.2, 0.25) is 0 Å². The van der Waals surface area contributed by atoms with Crippen LogP contribution in [0.4, 0.5) is 0 Å². The number of hydrogen-bond acceptors (Lipinski definition) is 2. The van der Waals surface area contributed by atoms with E-state index in [1.54, 1.807) is 0 Å². The molecule has 1 heterocycles. The van der Waals surface area contributed by atoms with Crippen LogP contribution in [0.25, 0.3) is 6.08 Å². The molecule has 1 aliphatic heterocycles. The lowest BCUT2D eigenvalue weighted by Crippen LogP contribution is -2.66.